The van der Waals surface area contributed by atoms with Crippen LogP contribution in [0.2, 0.25) is 0 Å². The number of carbonyl (C=O) groups excluding carboxylic acids is 2. The topological polar surface area (TPSA) is 102 Å². The van der Waals surface area contributed by atoms with E-state index in [1.165, 1.54) is 19.2 Å². The van der Waals surface area contributed by atoms with Gasteiger partial charge in [-0.3, -0.25) is 0 Å². The number of benzene rings is 1. The Bertz CT molecular complexity index is 836. The van der Waals surface area contributed by atoms with Crippen molar-refractivity contribution in [1.29, 1.82) is 0 Å². The van der Waals surface area contributed by atoms with Gasteiger partial charge in [0.05, 0.1) is 23.3 Å². The Labute approximate surface area is 166 Å². The summed E-state index contributed by atoms with van der Waals surface area (Å²) < 4.78 is 34.6. The SMILES string of the molecule is COC(=O)c1cccc(S(C)(=O)=O)c1N1CCC(NC(=O)OC(C)(C)C)CC1. The number of carbonyl (C=O) groups is 2. The van der Waals surface area contributed by atoms with Gasteiger partial charge in [0, 0.05) is 25.4 Å². The molecule has 1 fully saturated rings. The van der Waals surface area contributed by atoms with Crippen LogP contribution < -0.4 is 10.2 Å². The third-order valence-electron chi connectivity index (χ3n) is 4.34. The van der Waals surface area contributed by atoms with Crippen molar-refractivity contribution in [3.8, 4) is 0 Å². The van der Waals surface area contributed by atoms with Crippen LogP contribution >= 0.6 is 0 Å². The van der Waals surface area contributed by atoms with Crippen LogP contribution in [-0.4, -0.2) is 58.6 Å². The number of hydrogen-bond acceptors (Lipinski definition) is 7. The van der Waals surface area contributed by atoms with E-state index >= 15 is 0 Å². The zero-order chi connectivity index (χ0) is 21.1. The van der Waals surface area contributed by atoms with Gasteiger partial charge < -0.3 is 19.7 Å². The van der Waals surface area contributed by atoms with Crippen LogP contribution in [0.5, 0.6) is 0 Å². The minimum atomic E-state index is -3.54. The first-order chi connectivity index (χ1) is 12.9. The van der Waals surface area contributed by atoms with Crippen molar-refractivity contribution >= 4 is 27.6 Å². The normalized spacial score (nSPS) is 15.8. The highest BCUT2D eigenvalue weighted by molar-refractivity contribution is 7.90. The zero-order valence-electron chi connectivity index (χ0n) is 16.9. The lowest BCUT2D eigenvalue weighted by Crippen LogP contribution is -2.46. The molecule has 0 atom stereocenters. The van der Waals surface area contributed by atoms with E-state index in [-0.39, 0.29) is 16.5 Å². The van der Waals surface area contributed by atoms with Gasteiger partial charge in [-0.15, -0.1) is 0 Å². The van der Waals surface area contributed by atoms with Crippen LogP contribution in [0.4, 0.5) is 10.5 Å². The minimum absolute atomic E-state index is 0.0851. The number of hydrogen-bond donors (Lipinski definition) is 1. The lowest BCUT2D eigenvalue weighted by atomic mass is 10.0. The Morgan fingerprint density at radius 1 is 1.18 bits per heavy atom. The maximum Gasteiger partial charge on any atom is 0.407 e. The Hall–Kier alpha value is -2.29. The molecule has 1 aliphatic heterocycles. The van der Waals surface area contributed by atoms with E-state index in [0.717, 1.165) is 6.26 Å². The molecule has 1 heterocycles. The van der Waals surface area contributed by atoms with Gasteiger partial charge in [0.25, 0.3) is 0 Å². The van der Waals surface area contributed by atoms with E-state index in [1.807, 2.05) is 4.90 Å². The first kappa shape index (κ1) is 22.0. The van der Waals surface area contributed by atoms with E-state index in [9.17, 15) is 18.0 Å². The summed E-state index contributed by atoms with van der Waals surface area (Å²) in [5.41, 5.74) is -0.00853. The van der Waals surface area contributed by atoms with Gasteiger partial charge in [0.1, 0.15) is 5.60 Å². The van der Waals surface area contributed by atoms with Gasteiger partial charge in [-0.2, -0.15) is 0 Å². The molecular formula is C19H28N2O6S. The van der Waals surface area contributed by atoms with E-state index in [1.54, 1.807) is 26.8 Å². The highest BCUT2D eigenvalue weighted by Gasteiger charge is 2.29. The van der Waals surface area contributed by atoms with Crippen molar-refractivity contribution in [2.24, 2.45) is 0 Å². The molecule has 0 bridgehead atoms. The van der Waals surface area contributed by atoms with E-state index in [0.29, 0.717) is 31.6 Å². The molecule has 0 saturated carbocycles. The number of esters is 1. The smallest absolute Gasteiger partial charge is 0.407 e. The molecule has 28 heavy (non-hydrogen) atoms. The Morgan fingerprint density at radius 2 is 1.79 bits per heavy atom. The van der Waals surface area contributed by atoms with Crippen LogP contribution in [0.1, 0.15) is 44.0 Å². The highest BCUT2D eigenvalue weighted by atomic mass is 32.2. The summed E-state index contributed by atoms with van der Waals surface area (Å²) >= 11 is 0. The number of nitrogens with zero attached hydrogens (tertiary/aromatic N) is 1. The third kappa shape index (κ3) is 5.60. The average molecular weight is 413 g/mol. The van der Waals surface area contributed by atoms with E-state index in [4.69, 9.17) is 9.47 Å². The fourth-order valence-corrected chi connectivity index (χ4v) is 4.06. The van der Waals surface area contributed by atoms with Crippen molar-refractivity contribution in [3.63, 3.8) is 0 Å². The molecule has 0 radical (unpaired) electrons. The van der Waals surface area contributed by atoms with Gasteiger partial charge >= 0.3 is 12.1 Å². The molecule has 1 saturated heterocycles. The summed E-state index contributed by atoms with van der Waals surface area (Å²) in [6, 6.07) is 4.49. The van der Waals surface area contributed by atoms with Crippen LogP contribution in [0.3, 0.4) is 0 Å². The largest absolute Gasteiger partial charge is 0.465 e. The van der Waals surface area contributed by atoms with E-state index < -0.39 is 27.5 Å². The number of alkyl carbamates (subject to hydrolysis) is 1. The standard InChI is InChI=1S/C19H28N2O6S/c1-19(2,3)27-18(23)20-13-9-11-21(12-10-13)16-14(17(22)26-4)7-6-8-15(16)28(5,24)25/h6-8,13H,9-12H2,1-5H3,(H,20,23). The van der Waals surface area contributed by atoms with Crippen LogP contribution in [0.25, 0.3) is 0 Å². The fourth-order valence-electron chi connectivity index (χ4n) is 3.14. The van der Waals surface area contributed by atoms with Gasteiger partial charge in [-0.05, 0) is 45.7 Å². The Kier molecular flexibility index (Phi) is 6.59. The third-order valence-corrected chi connectivity index (χ3v) is 5.46. The second kappa shape index (κ2) is 8.38. The molecule has 156 valence electrons. The van der Waals surface area contributed by atoms with Crippen molar-refractivity contribution in [3.05, 3.63) is 23.8 Å². The number of amides is 1. The van der Waals surface area contributed by atoms with Gasteiger partial charge in [-0.25, -0.2) is 18.0 Å². The quantitative estimate of drug-likeness (QED) is 0.758. The Morgan fingerprint density at radius 3 is 2.29 bits per heavy atom. The van der Waals surface area contributed by atoms with Crippen molar-refractivity contribution in [2.75, 3.05) is 31.4 Å². The molecule has 9 heteroatoms. The molecule has 0 spiro atoms. The Balaban J connectivity index is 2.20. The molecule has 0 aromatic heterocycles. The lowest BCUT2D eigenvalue weighted by molar-refractivity contribution is 0.0496. The number of rotatable bonds is 4. The average Bonchev–Trinajstić information content (AvgIpc) is 2.58. The lowest BCUT2D eigenvalue weighted by Gasteiger charge is -2.35. The van der Waals surface area contributed by atoms with Crippen LogP contribution in [0, 0.1) is 0 Å². The zero-order valence-corrected chi connectivity index (χ0v) is 17.8. The summed E-state index contributed by atoms with van der Waals surface area (Å²) in [5, 5.41) is 2.84. The maximum absolute atomic E-state index is 12.2. The molecule has 1 amide bonds. The molecule has 1 N–H and O–H groups in total. The molecule has 0 unspecified atom stereocenters. The molecular weight excluding hydrogens is 384 g/mol. The molecule has 1 aromatic carbocycles. The second-order valence-electron chi connectivity index (χ2n) is 7.82. The molecule has 2 rings (SSSR count). The number of sulfone groups is 1. The number of methoxy groups -OCH3 is 1. The van der Waals surface area contributed by atoms with Crippen LogP contribution in [0.15, 0.2) is 23.1 Å². The number of para-hydroxylation sites is 1. The van der Waals surface area contributed by atoms with E-state index in [2.05, 4.69) is 5.32 Å². The summed E-state index contributed by atoms with van der Waals surface area (Å²) in [5.74, 6) is -0.588. The highest BCUT2D eigenvalue weighted by Crippen LogP contribution is 2.32. The van der Waals surface area contributed by atoms with Crippen molar-refractivity contribution in [1.82, 2.24) is 5.32 Å². The first-order valence-corrected chi connectivity index (χ1v) is 11.0. The molecule has 0 aliphatic carbocycles. The second-order valence-corrected chi connectivity index (χ2v) is 9.81. The monoisotopic (exact) mass is 412 g/mol. The summed E-state index contributed by atoms with van der Waals surface area (Å²) in [7, 11) is -2.28. The fraction of sp³-hybridized carbons (Fsp3) is 0.579. The summed E-state index contributed by atoms with van der Waals surface area (Å²) in [6.45, 7) is 6.36. The predicted molar refractivity (Wildman–Crippen MR) is 105 cm³/mol. The van der Waals surface area contributed by atoms with Crippen LogP contribution in [-0.2, 0) is 19.3 Å². The van der Waals surface area contributed by atoms with Crippen molar-refractivity contribution < 1.29 is 27.5 Å². The number of nitrogens with one attached hydrogen (secondary N) is 1. The van der Waals surface area contributed by atoms with Gasteiger partial charge in [0.15, 0.2) is 9.84 Å². The number of anilines is 1. The minimum Gasteiger partial charge on any atom is -0.465 e. The van der Waals surface area contributed by atoms with Gasteiger partial charge in [-0.1, -0.05) is 6.07 Å². The molecule has 8 nitrogen and oxygen atoms in total. The maximum atomic E-state index is 12.2. The summed E-state index contributed by atoms with van der Waals surface area (Å²) in [6.07, 6.45) is 1.83. The summed E-state index contributed by atoms with van der Waals surface area (Å²) in [4.78, 5) is 26.1. The number of ether oxygens (including phenoxy) is 2. The van der Waals surface area contributed by atoms with Gasteiger partial charge in [0.2, 0.25) is 0 Å². The predicted octanol–water partition coefficient (Wildman–Crippen LogP) is 2.37. The molecule has 1 aliphatic rings. The first-order valence-electron chi connectivity index (χ1n) is 9.08. The number of piperidine rings is 1. The van der Waals surface area contributed by atoms with Crippen molar-refractivity contribution in [2.45, 2.75) is 50.2 Å². The molecule has 1 aromatic rings.